The maximum absolute atomic E-state index is 15.4. The molecule has 1 N–H and O–H groups in total. The highest BCUT2D eigenvalue weighted by atomic mass is 28.4. The molecule has 8 rings (SSSR count). The van der Waals surface area contributed by atoms with Crippen molar-refractivity contribution in [2.75, 3.05) is 13.7 Å². The molecule has 8 aliphatic rings. The van der Waals surface area contributed by atoms with Crippen LogP contribution in [0, 0.1) is 11.8 Å². The SMILES string of the molecule is C=C1CC2CCC(O)C=C[C@H](O[Si](C)(C)C(C)(C)C)[C@@H]3O[C@H]4CCC(CC(=O)C[C@@H]5[C@@H](OC)[C@@H](C[C@@H](CO[Si](C)(C)C(C)(C)C)O[Si](C)(C)C(C)(C)C)O[C@H]5CC5O[C@@H](CCC1O2)C[C@@H](C)C5=C)O[C@@H]4[C@H](O[Si](C)(C)C(C)(C)C)[C@@H]3O[Si](C)(C)C(C)(C)C. The zero-order chi connectivity index (χ0) is 66.5. The van der Waals surface area contributed by atoms with Gasteiger partial charge in [-0.15, -0.1) is 0 Å². The van der Waals surface area contributed by atoms with E-state index >= 15 is 4.79 Å². The van der Waals surface area contributed by atoms with E-state index in [0.717, 1.165) is 36.8 Å². The molecule has 8 bridgehead atoms. The van der Waals surface area contributed by atoms with E-state index in [9.17, 15) is 5.11 Å². The molecule has 5 saturated heterocycles. The quantitative estimate of drug-likeness (QED) is 0.131. The minimum absolute atomic E-state index is 0.0128. The van der Waals surface area contributed by atoms with E-state index in [-0.39, 0.29) is 111 Å². The molecule has 0 saturated carbocycles. The van der Waals surface area contributed by atoms with E-state index in [2.05, 4.69) is 195 Å². The molecule has 18 heteroatoms. The van der Waals surface area contributed by atoms with Gasteiger partial charge in [0, 0.05) is 38.7 Å². The standard InChI is InChI=1S/C70H132O13Si5/c1-45-38-51-33-36-55-46(2)39-50(75-55)32-30-48(71)31-35-57(81-86(24,25)68(10,11)12)63-65(83-88(28,29)70(16,17)18)64(82-87(26,27)69(13,14)15)62-56(79-63)37-34-52(77-62)40-49(72)41-54-59(43-58(76-51)47(45)3)78-60(61(54)73-19)42-53(80-85(22,23)67(7,8)9)44-74-84(20,21)66(4,5)6/h31,35,45,48,50-65,71H,2-3,30,32-34,36-44H2,1,4-29H3/t45-,48?,50?,51+,52?,53+,54+,55?,56+,57+,58?,59+,60-,61-,62+,63+,64+,65-/m1/s1. The highest BCUT2D eigenvalue weighted by Gasteiger charge is 2.59. The summed E-state index contributed by atoms with van der Waals surface area (Å²) in [5.74, 6) is 0.0699. The molecule has 13 nitrogen and oxygen atoms in total. The van der Waals surface area contributed by atoms with E-state index in [4.69, 9.17) is 50.6 Å². The molecule has 0 amide bonds. The largest absolute Gasteiger partial charge is 0.414 e. The molecule has 8 aliphatic heterocycles. The third kappa shape index (κ3) is 18.7. The van der Waals surface area contributed by atoms with E-state index < -0.39 is 84.3 Å². The summed E-state index contributed by atoms with van der Waals surface area (Å²) < 4.78 is 80.5. The first kappa shape index (κ1) is 76.5. The molecular formula is C70H132O13Si5. The van der Waals surface area contributed by atoms with Crippen LogP contribution in [0.1, 0.15) is 188 Å². The molecule has 0 aromatic rings. The Balaban J connectivity index is 1.45. The first-order valence-electron chi connectivity index (χ1n) is 34.4. The molecule has 0 aliphatic carbocycles. The summed E-state index contributed by atoms with van der Waals surface area (Å²) in [4.78, 5) is 15.4. The van der Waals surface area contributed by atoms with Crippen LogP contribution in [0.3, 0.4) is 0 Å². The van der Waals surface area contributed by atoms with Crippen LogP contribution >= 0.6 is 0 Å². The van der Waals surface area contributed by atoms with Crippen molar-refractivity contribution < 1.29 is 60.5 Å². The lowest BCUT2D eigenvalue weighted by Gasteiger charge is -2.56. The van der Waals surface area contributed by atoms with E-state index in [1.807, 2.05) is 6.08 Å². The maximum Gasteiger partial charge on any atom is 0.193 e. The van der Waals surface area contributed by atoms with Crippen LogP contribution in [-0.2, 0) is 55.3 Å². The second kappa shape index (κ2) is 28.7. The zero-order valence-corrected chi connectivity index (χ0v) is 66.0. The first-order valence-corrected chi connectivity index (χ1v) is 48.9. The molecule has 0 aromatic carbocycles. The third-order valence-corrected chi connectivity index (χ3v) is 46.1. The Hall–Kier alpha value is -0.506. The number of hydrogen-bond acceptors (Lipinski definition) is 13. The Kier molecular flexibility index (Phi) is 24.9. The normalized spacial score (nSPS) is 35.0. The number of Topliss-reactive ketones (excluding diaryl/α,β-unsaturated/α-hetero) is 1. The fourth-order valence-corrected chi connectivity index (χ4v) is 18.8. The number of carbonyl (C=O) groups is 1. The number of aliphatic hydroxyl groups is 1. The summed E-state index contributed by atoms with van der Waals surface area (Å²) in [6.45, 7) is 69.2. The van der Waals surface area contributed by atoms with Gasteiger partial charge in [-0.2, -0.15) is 0 Å². The smallest absolute Gasteiger partial charge is 0.193 e. The second-order valence-corrected chi connectivity index (χ2v) is 59.5. The summed E-state index contributed by atoms with van der Waals surface area (Å²) in [7, 11) is -10.3. The van der Waals surface area contributed by atoms with Gasteiger partial charge in [-0.05, 0) is 159 Å². The van der Waals surface area contributed by atoms with Crippen molar-refractivity contribution in [1.82, 2.24) is 0 Å². The minimum Gasteiger partial charge on any atom is -0.414 e. The average molecular weight is 1320 g/mol. The Morgan fingerprint density at radius 3 is 1.61 bits per heavy atom. The summed E-state index contributed by atoms with van der Waals surface area (Å²) in [5, 5.41) is 11.5. The zero-order valence-electron chi connectivity index (χ0n) is 61.0. The minimum atomic E-state index is -2.58. The van der Waals surface area contributed by atoms with E-state index in [1.165, 1.54) is 0 Å². The van der Waals surface area contributed by atoms with Crippen molar-refractivity contribution in [2.24, 2.45) is 11.8 Å². The van der Waals surface area contributed by atoms with Gasteiger partial charge >= 0.3 is 0 Å². The van der Waals surface area contributed by atoms with Gasteiger partial charge in [0.2, 0.25) is 0 Å². The Morgan fingerprint density at radius 2 is 1.06 bits per heavy atom. The van der Waals surface area contributed by atoms with Crippen molar-refractivity contribution in [1.29, 1.82) is 0 Å². The summed E-state index contributed by atoms with van der Waals surface area (Å²) in [6.07, 6.45) is 5.27. The van der Waals surface area contributed by atoms with Crippen molar-refractivity contribution in [2.45, 2.75) is 376 Å². The molecule has 88 heavy (non-hydrogen) atoms. The van der Waals surface area contributed by atoms with Crippen LogP contribution in [0.25, 0.3) is 0 Å². The van der Waals surface area contributed by atoms with Gasteiger partial charge in [0.25, 0.3) is 0 Å². The number of fused-ring (bicyclic) bond motifs is 2. The van der Waals surface area contributed by atoms with E-state index in [0.29, 0.717) is 45.1 Å². The maximum atomic E-state index is 15.4. The molecular weight excluding hydrogens is 1190 g/mol. The molecule has 0 radical (unpaired) electrons. The third-order valence-electron chi connectivity index (χ3n) is 23.7. The molecule has 510 valence electrons. The van der Waals surface area contributed by atoms with E-state index in [1.54, 1.807) is 7.11 Å². The molecule has 18 atom stereocenters. The summed E-state index contributed by atoms with van der Waals surface area (Å²) in [6, 6.07) is 0. The summed E-state index contributed by atoms with van der Waals surface area (Å²) in [5.41, 5.74) is 2.17. The van der Waals surface area contributed by atoms with Gasteiger partial charge in [0.1, 0.15) is 30.2 Å². The topological polar surface area (TPSA) is 139 Å². The Labute approximate surface area is 543 Å². The van der Waals surface area contributed by atoms with Crippen molar-refractivity contribution in [3.8, 4) is 0 Å². The van der Waals surface area contributed by atoms with Gasteiger partial charge in [0.05, 0.1) is 79.9 Å². The molecule has 0 aromatic heterocycles. The highest BCUT2D eigenvalue weighted by molar-refractivity contribution is 6.76. The lowest BCUT2D eigenvalue weighted by molar-refractivity contribution is -0.266. The number of hydrogen-bond donors (Lipinski definition) is 1. The van der Waals surface area contributed by atoms with Crippen molar-refractivity contribution in [3.63, 3.8) is 0 Å². The lowest BCUT2D eigenvalue weighted by Crippen LogP contribution is -2.69. The lowest BCUT2D eigenvalue weighted by atomic mass is 9.81. The number of aliphatic hydroxyl groups excluding tert-OH is 1. The van der Waals surface area contributed by atoms with Gasteiger partial charge in [-0.1, -0.05) is 136 Å². The number of ether oxygens (including phenoxy) is 6. The van der Waals surface area contributed by atoms with Crippen LogP contribution in [0.15, 0.2) is 36.5 Å². The number of rotatable bonds is 14. The molecule has 5 fully saturated rings. The molecule has 8 heterocycles. The van der Waals surface area contributed by atoms with Gasteiger partial charge in [0.15, 0.2) is 41.6 Å². The monoisotopic (exact) mass is 1320 g/mol. The van der Waals surface area contributed by atoms with Crippen LogP contribution < -0.4 is 0 Å². The fraction of sp³-hybridized carbons (Fsp3) is 0.900. The van der Waals surface area contributed by atoms with Gasteiger partial charge < -0.3 is 55.7 Å². The van der Waals surface area contributed by atoms with Gasteiger partial charge in [-0.25, -0.2) is 0 Å². The predicted molar refractivity (Wildman–Crippen MR) is 372 cm³/mol. The van der Waals surface area contributed by atoms with Crippen LogP contribution in [-0.4, -0.2) is 164 Å². The van der Waals surface area contributed by atoms with Crippen LogP contribution in [0.5, 0.6) is 0 Å². The highest BCUT2D eigenvalue weighted by Crippen LogP contribution is 2.50. The first-order chi connectivity index (χ1) is 40.0. The summed E-state index contributed by atoms with van der Waals surface area (Å²) >= 11 is 0. The van der Waals surface area contributed by atoms with Crippen molar-refractivity contribution in [3.05, 3.63) is 36.5 Å². The number of methoxy groups -OCH3 is 1. The second-order valence-electron chi connectivity index (χ2n) is 35.7. The van der Waals surface area contributed by atoms with Crippen LogP contribution in [0.2, 0.25) is 90.7 Å². The Morgan fingerprint density at radius 1 is 0.545 bits per heavy atom. The van der Waals surface area contributed by atoms with Crippen LogP contribution in [0.4, 0.5) is 0 Å². The molecule has 0 spiro atoms. The molecule has 5 unspecified atom stereocenters. The average Bonchev–Trinajstić information content (AvgIpc) is 0.954. The fourth-order valence-electron chi connectivity index (χ4n) is 12.5. The number of ketones is 1. The van der Waals surface area contributed by atoms with Crippen molar-refractivity contribution >= 4 is 47.4 Å². The van der Waals surface area contributed by atoms with Gasteiger partial charge in [-0.3, -0.25) is 4.79 Å². The predicted octanol–water partition coefficient (Wildman–Crippen LogP) is 17.0. The number of carbonyl (C=O) groups excluding carboxylic acids is 1. The Bertz CT molecular complexity index is 2360.